The van der Waals surface area contributed by atoms with Crippen LogP contribution in [0.15, 0.2) is 40.9 Å². The smallest absolute Gasteiger partial charge is 0.255 e. The molecule has 0 bridgehead atoms. The third-order valence-corrected chi connectivity index (χ3v) is 3.27. The molecule has 2 aromatic rings. The molecule has 2 nitrogen and oxygen atoms in total. The summed E-state index contributed by atoms with van der Waals surface area (Å²) in [5.74, 6) is -0.888. The van der Waals surface area contributed by atoms with Crippen LogP contribution in [0.1, 0.15) is 15.9 Å². The molecule has 1 amide bonds. The van der Waals surface area contributed by atoms with Crippen molar-refractivity contribution in [3.05, 3.63) is 62.8 Å². The Hall–Kier alpha value is -1.39. The van der Waals surface area contributed by atoms with Crippen molar-refractivity contribution in [3.8, 4) is 0 Å². The van der Waals surface area contributed by atoms with Crippen LogP contribution in [0.4, 0.5) is 10.1 Å². The van der Waals surface area contributed by atoms with Gasteiger partial charge < -0.3 is 5.32 Å². The monoisotopic (exact) mass is 341 g/mol. The van der Waals surface area contributed by atoms with E-state index in [9.17, 15) is 9.18 Å². The van der Waals surface area contributed by atoms with E-state index in [0.29, 0.717) is 15.2 Å². The lowest BCUT2D eigenvalue weighted by Gasteiger charge is -2.08. The molecule has 5 heteroatoms. The van der Waals surface area contributed by atoms with E-state index in [1.165, 1.54) is 12.1 Å². The summed E-state index contributed by atoms with van der Waals surface area (Å²) in [5, 5.41) is 3.10. The summed E-state index contributed by atoms with van der Waals surface area (Å²) in [4.78, 5) is 12.0. The average Bonchev–Trinajstić information content (AvgIpc) is 2.31. The van der Waals surface area contributed by atoms with Gasteiger partial charge in [-0.15, -0.1) is 0 Å². The molecule has 0 aliphatic heterocycles. The fraction of sp³-hybridized carbons (Fsp3) is 0.0714. The molecule has 0 atom stereocenters. The van der Waals surface area contributed by atoms with Gasteiger partial charge in [0.05, 0.1) is 10.7 Å². The zero-order valence-corrected chi connectivity index (χ0v) is 12.3. The highest BCUT2D eigenvalue weighted by Gasteiger charge is 2.10. The molecular formula is C14H10BrClFNO. The van der Waals surface area contributed by atoms with Crippen LogP contribution in [0.2, 0.25) is 5.02 Å². The SMILES string of the molecule is Cc1ccc(NC(=O)c2cc(F)cc(Br)c2)c(Cl)c1. The number of anilines is 1. The molecule has 2 rings (SSSR count). The largest absolute Gasteiger partial charge is 0.321 e. The lowest BCUT2D eigenvalue weighted by Crippen LogP contribution is -2.12. The maximum Gasteiger partial charge on any atom is 0.255 e. The van der Waals surface area contributed by atoms with Crippen molar-refractivity contribution in [1.29, 1.82) is 0 Å². The maximum absolute atomic E-state index is 13.2. The highest BCUT2D eigenvalue weighted by atomic mass is 79.9. The number of amides is 1. The normalized spacial score (nSPS) is 10.3. The maximum atomic E-state index is 13.2. The summed E-state index contributed by atoms with van der Waals surface area (Å²) >= 11 is 9.17. The fourth-order valence-electron chi connectivity index (χ4n) is 1.60. The van der Waals surface area contributed by atoms with Crippen molar-refractivity contribution < 1.29 is 9.18 Å². The Balaban J connectivity index is 2.25. The molecule has 0 aliphatic carbocycles. The second-order valence-electron chi connectivity index (χ2n) is 4.10. The van der Waals surface area contributed by atoms with Gasteiger partial charge in [-0.3, -0.25) is 4.79 Å². The van der Waals surface area contributed by atoms with Crippen molar-refractivity contribution in [3.63, 3.8) is 0 Å². The zero-order chi connectivity index (χ0) is 14.0. The number of hydrogen-bond donors (Lipinski definition) is 1. The summed E-state index contributed by atoms with van der Waals surface area (Å²) in [6, 6.07) is 9.30. The van der Waals surface area contributed by atoms with Crippen LogP contribution in [0, 0.1) is 12.7 Å². The van der Waals surface area contributed by atoms with E-state index in [2.05, 4.69) is 21.2 Å². The van der Waals surface area contributed by atoms with E-state index in [1.54, 1.807) is 18.2 Å². The van der Waals surface area contributed by atoms with Gasteiger partial charge in [0.2, 0.25) is 0 Å². The second-order valence-corrected chi connectivity index (χ2v) is 5.42. The van der Waals surface area contributed by atoms with Crippen LogP contribution in [0.3, 0.4) is 0 Å². The summed E-state index contributed by atoms with van der Waals surface area (Å²) in [7, 11) is 0. The van der Waals surface area contributed by atoms with Crippen molar-refractivity contribution >= 4 is 39.1 Å². The first-order valence-electron chi connectivity index (χ1n) is 5.49. The number of carbonyl (C=O) groups is 1. The Morgan fingerprint density at radius 1 is 1.26 bits per heavy atom. The average molecular weight is 343 g/mol. The summed E-state index contributed by atoms with van der Waals surface area (Å²) in [6.45, 7) is 1.90. The number of nitrogens with one attached hydrogen (secondary N) is 1. The molecule has 0 radical (unpaired) electrons. The van der Waals surface area contributed by atoms with Crippen LogP contribution in [-0.2, 0) is 0 Å². The zero-order valence-electron chi connectivity index (χ0n) is 10.0. The predicted molar refractivity (Wildman–Crippen MR) is 78.2 cm³/mol. The quantitative estimate of drug-likeness (QED) is 0.834. The molecule has 0 unspecified atom stereocenters. The van der Waals surface area contributed by atoms with Crippen molar-refractivity contribution in [1.82, 2.24) is 0 Å². The van der Waals surface area contributed by atoms with E-state index in [0.717, 1.165) is 5.56 Å². The molecule has 0 saturated heterocycles. The molecule has 98 valence electrons. The Labute approximate surface area is 123 Å². The molecular weight excluding hydrogens is 333 g/mol. The topological polar surface area (TPSA) is 29.1 Å². The van der Waals surface area contributed by atoms with E-state index in [1.807, 2.05) is 13.0 Å². The Morgan fingerprint density at radius 2 is 2.00 bits per heavy atom. The Kier molecular flexibility index (Phi) is 4.22. The van der Waals surface area contributed by atoms with E-state index in [-0.39, 0.29) is 5.56 Å². The third kappa shape index (κ3) is 3.55. The van der Waals surface area contributed by atoms with E-state index in [4.69, 9.17) is 11.6 Å². The van der Waals surface area contributed by atoms with Gasteiger partial charge in [-0.05, 0) is 42.8 Å². The molecule has 0 saturated carbocycles. The van der Waals surface area contributed by atoms with Gasteiger partial charge in [-0.25, -0.2) is 4.39 Å². The number of hydrogen-bond acceptors (Lipinski definition) is 1. The molecule has 2 aromatic carbocycles. The Morgan fingerprint density at radius 3 is 2.63 bits per heavy atom. The number of carbonyl (C=O) groups excluding carboxylic acids is 1. The van der Waals surface area contributed by atoms with Gasteiger partial charge in [-0.2, -0.15) is 0 Å². The fourth-order valence-corrected chi connectivity index (χ4v) is 2.35. The van der Waals surface area contributed by atoms with Gasteiger partial charge in [-0.1, -0.05) is 33.6 Å². The van der Waals surface area contributed by atoms with Gasteiger partial charge in [0.1, 0.15) is 5.82 Å². The van der Waals surface area contributed by atoms with Crippen LogP contribution in [0.5, 0.6) is 0 Å². The standard InChI is InChI=1S/C14H10BrClFNO/c1-8-2-3-13(12(16)4-8)18-14(19)9-5-10(15)7-11(17)6-9/h2-7H,1H3,(H,18,19). The lowest BCUT2D eigenvalue weighted by molar-refractivity contribution is 0.102. The summed E-state index contributed by atoms with van der Waals surface area (Å²) in [6.07, 6.45) is 0. The van der Waals surface area contributed by atoms with Crippen LogP contribution >= 0.6 is 27.5 Å². The van der Waals surface area contributed by atoms with Gasteiger partial charge in [0.15, 0.2) is 0 Å². The molecule has 1 N–H and O–H groups in total. The third-order valence-electron chi connectivity index (χ3n) is 2.50. The molecule has 0 aromatic heterocycles. The molecule has 0 heterocycles. The minimum atomic E-state index is -0.477. The van der Waals surface area contributed by atoms with Gasteiger partial charge in [0.25, 0.3) is 5.91 Å². The molecule has 0 fully saturated rings. The van der Waals surface area contributed by atoms with Gasteiger partial charge in [0, 0.05) is 10.0 Å². The lowest BCUT2D eigenvalue weighted by atomic mass is 10.2. The number of aryl methyl sites for hydroxylation is 1. The highest BCUT2D eigenvalue weighted by molar-refractivity contribution is 9.10. The first-order chi connectivity index (χ1) is 8.95. The predicted octanol–water partition coefficient (Wildman–Crippen LogP) is 4.80. The Bertz CT molecular complexity index is 625. The van der Waals surface area contributed by atoms with E-state index < -0.39 is 11.7 Å². The first kappa shape index (κ1) is 14.0. The second kappa shape index (κ2) is 5.72. The number of halogens is 3. The van der Waals surface area contributed by atoms with Crippen LogP contribution < -0.4 is 5.32 Å². The van der Waals surface area contributed by atoms with Gasteiger partial charge >= 0.3 is 0 Å². The summed E-state index contributed by atoms with van der Waals surface area (Å²) in [5.41, 5.74) is 1.72. The minimum absolute atomic E-state index is 0.225. The van der Waals surface area contributed by atoms with Crippen molar-refractivity contribution in [2.24, 2.45) is 0 Å². The molecule has 0 aliphatic rings. The minimum Gasteiger partial charge on any atom is -0.321 e. The van der Waals surface area contributed by atoms with E-state index >= 15 is 0 Å². The highest BCUT2D eigenvalue weighted by Crippen LogP contribution is 2.24. The van der Waals surface area contributed by atoms with Crippen LogP contribution in [0.25, 0.3) is 0 Å². The van der Waals surface area contributed by atoms with Crippen molar-refractivity contribution in [2.45, 2.75) is 6.92 Å². The molecule has 19 heavy (non-hydrogen) atoms. The molecule has 0 spiro atoms. The summed E-state index contributed by atoms with van der Waals surface area (Å²) < 4.78 is 13.7. The van der Waals surface area contributed by atoms with Crippen LogP contribution in [-0.4, -0.2) is 5.91 Å². The number of benzene rings is 2. The number of rotatable bonds is 2. The first-order valence-corrected chi connectivity index (χ1v) is 6.66. The van der Waals surface area contributed by atoms with Crippen molar-refractivity contribution in [2.75, 3.05) is 5.32 Å².